The molecule has 0 aromatic heterocycles. The number of nitrogen functional groups attached to an aromatic ring is 1. The fourth-order valence-electron chi connectivity index (χ4n) is 0.997. The highest BCUT2D eigenvalue weighted by Gasteiger charge is 1.97. The highest BCUT2D eigenvalue weighted by molar-refractivity contribution is 5.56. The summed E-state index contributed by atoms with van der Waals surface area (Å²) >= 11 is 0. The Hall–Kier alpha value is -2.31. The molecule has 1 rings (SSSR count). The van der Waals surface area contributed by atoms with Crippen molar-refractivity contribution in [1.82, 2.24) is 0 Å². The van der Waals surface area contributed by atoms with E-state index in [1.165, 1.54) is 0 Å². The summed E-state index contributed by atoms with van der Waals surface area (Å²) in [6.45, 7) is 0.156. The molecule has 0 saturated heterocycles. The molecule has 5 nitrogen and oxygen atoms in total. The lowest BCUT2D eigenvalue weighted by atomic mass is 10.2. The van der Waals surface area contributed by atoms with Crippen molar-refractivity contribution in [3.8, 4) is 17.6 Å². The monoisotopic (exact) mass is 202 g/mol. The number of methoxy groups -OCH3 is 1. The van der Waals surface area contributed by atoms with Crippen LogP contribution in [0, 0.1) is 11.8 Å². The minimum Gasteiger partial charge on any atom is -0.495 e. The number of azide groups is 1. The molecule has 1 aromatic rings. The molecule has 0 amide bonds. The smallest absolute Gasteiger partial charge is 0.142 e. The lowest BCUT2D eigenvalue weighted by Gasteiger charge is -2.03. The van der Waals surface area contributed by atoms with Crippen molar-refractivity contribution < 1.29 is 4.74 Å². The Morgan fingerprint density at radius 1 is 1.60 bits per heavy atom. The summed E-state index contributed by atoms with van der Waals surface area (Å²) in [4.78, 5) is 2.59. The number of benzene rings is 1. The number of hydrogen-bond donors (Lipinski definition) is 1. The van der Waals surface area contributed by atoms with Crippen LogP contribution in [0.2, 0.25) is 0 Å². The first kappa shape index (κ1) is 10.8. The van der Waals surface area contributed by atoms with Crippen LogP contribution in [0.3, 0.4) is 0 Å². The van der Waals surface area contributed by atoms with E-state index in [-0.39, 0.29) is 6.54 Å². The number of rotatable bonds is 2. The number of ether oxygens (including phenoxy) is 1. The fraction of sp³-hybridized carbons (Fsp3) is 0.200. The van der Waals surface area contributed by atoms with E-state index in [0.717, 1.165) is 5.56 Å². The number of nitrogens with zero attached hydrogens (tertiary/aromatic N) is 3. The van der Waals surface area contributed by atoms with Crippen LogP contribution in [0.5, 0.6) is 5.75 Å². The summed E-state index contributed by atoms with van der Waals surface area (Å²) < 4.78 is 5.04. The minimum absolute atomic E-state index is 0.156. The van der Waals surface area contributed by atoms with Gasteiger partial charge in [0.2, 0.25) is 0 Å². The van der Waals surface area contributed by atoms with Gasteiger partial charge >= 0.3 is 0 Å². The molecule has 0 unspecified atom stereocenters. The molecule has 1 aromatic carbocycles. The highest BCUT2D eigenvalue weighted by atomic mass is 16.5. The van der Waals surface area contributed by atoms with Gasteiger partial charge in [-0.2, -0.15) is 0 Å². The number of hydrogen-bond acceptors (Lipinski definition) is 3. The zero-order valence-electron chi connectivity index (χ0n) is 8.27. The Balaban J connectivity index is 2.85. The molecule has 76 valence electrons. The van der Waals surface area contributed by atoms with Gasteiger partial charge in [-0.15, -0.1) is 0 Å². The number of nitrogens with two attached hydrogens (primary N) is 1. The lowest BCUT2D eigenvalue weighted by molar-refractivity contribution is 0.417. The van der Waals surface area contributed by atoms with Crippen LogP contribution in [-0.2, 0) is 0 Å². The van der Waals surface area contributed by atoms with Crippen molar-refractivity contribution in [2.24, 2.45) is 5.11 Å². The molecule has 0 aliphatic carbocycles. The molecule has 0 spiro atoms. The van der Waals surface area contributed by atoms with E-state index in [1.807, 2.05) is 0 Å². The third-order valence-electron chi connectivity index (χ3n) is 1.68. The van der Waals surface area contributed by atoms with E-state index in [1.54, 1.807) is 25.3 Å². The maximum absolute atomic E-state index is 8.04. The summed E-state index contributed by atoms with van der Waals surface area (Å²) in [6.07, 6.45) is 0. The van der Waals surface area contributed by atoms with Gasteiger partial charge in [0.25, 0.3) is 0 Å². The van der Waals surface area contributed by atoms with Crippen LogP contribution < -0.4 is 10.5 Å². The maximum atomic E-state index is 8.04. The van der Waals surface area contributed by atoms with Crippen molar-refractivity contribution in [2.75, 3.05) is 19.4 Å². The SMILES string of the molecule is COc1cc(C#CCN=[N+]=[N-])ccc1N. The molecule has 2 N–H and O–H groups in total. The van der Waals surface area contributed by atoms with Crippen molar-refractivity contribution in [1.29, 1.82) is 0 Å². The molecule has 0 aliphatic rings. The first-order valence-electron chi connectivity index (χ1n) is 4.21. The van der Waals surface area contributed by atoms with E-state index in [4.69, 9.17) is 16.0 Å². The molecule has 0 heterocycles. The van der Waals surface area contributed by atoms with Crippen LogP contribution in [0.15, 0.2) is 23.3 Å². The van der Waals surface area contributed by atoms with Crippen LogP contribution >= 0.6 is 0 Å². The van der Waals surface area contributed by atoms with E-state index < -0.39 is 0 Å². The Bertz CT molecular complexity index is 452. The molecular formula is C10H10N4O. The molecular weight excluding hydrogens is 192 g/mol. The zero-order chi connectivity index (χ0) is 11.1. The molecule has 0 saturated carbocycles. The van der Waals surface area contributed by atoms with Crippen molar-refractivity contribution >= 4 is 5.69 Å². The second-order valence-corrected chi connectivity index (χ2v) is 2.65. The Morgan fingerprint density at radius 2 is 2.40 bits per heavy atom. The topological polar surface area (TPSA) is 84.0 Å². The van der Waals surface area contributed by atoms with Crippen molar-refractivity contribution in [2.45, 2.75) is 0 Å². The zero-order valence-corrected chi connectivity index (χ0v) is 8.27. The standard InChI is InChI=1S/C10H10N4O/c1-15-10-7-8(4-5-9(10)11)3-2-6-13-14-12/h4-5,7H,6,11H2,1H3. The third-order valence-corrected chi connectivity index (χ3v) is 1.68. The summed E-state index contributed by atoms with van der Waals surface area (Å²) in [5.41, 5.74) is 15.0. The third kappa shape index (κ3) is 3.14. The quantitative estimate of drug-likeness (QED) is 0.261. The van der Waals surface area contributed by atoms with Crippen LogP contribution in [0.1, 0.15) is 5.56 Å². The fourth-order valence-corrected chi connectivity index (χ4v) is 0.997. The molecule has 5 heteroatoms. The highest BCUT2D eigenvalue weighted by Crippen LogP contribution is 2.21. The van der Waals surface area contributed by atoms with E-state index in [2.05, 4.69) is 21.9 Å². The normalized spacial score (nSPS) is 8.33. The second-order valence-electron chi connectivity index (χ2n) is 2.65. The summed E-state index contributed by atoms with van der Waals surface area (Å²) in [7, 11) is 1.54. The Labute approximate surface area is 87.5 Å². The van der Waals surface area contributed by atoms with Gasteiger partial charge in [0, 0.05) is 10.5 Å². The van der Waals surface area contributed by atoms with Crippen molar-refractivity contribution in [3.05, 3.63) is 34.2 Å². The molecule has 0 aliphatic heterocycles. The maximum Gasteiger partial charge on any atom is 0.142 e. The van der Waals surface area contributed by atoms with Crippen LogP contribution in [0.4, 0.5) is 5.69 Å². The predicted molar refractivity (Wildman–Crippen MR) is 58.3 cm³/mol. The van der Waals surface area contributed by atoms with Gasteiger partial charge in [-0.25, -0.2) is 0 Å². The van der Waals surface area contributed by atoms with Gasteiger partial charge in [-0.1, -0.05) is 17.0 Å². The van der Waals surface area contributed by atoms with Gasteiger partial charge in [0.05, 0.1) is 19.3 Å². The number of anilines is 1. The summed E-state index contributed by atoms with van der Waals surface area (Å²) in [5.74, 6) is 6.13. The Kier molecular flexibility index (Phi) is 3.90. The first-order valence-corrected chi connectivity index (χ1v) is 4.21. The lowest BCUT2D eigenvalue weighted by Crippen LogP contribution is -1.92. The molecule has 0 atom stereocenters. The predicted octanol–water partition coefficient (Wildman–Crippen LogP) is 1.94. The van der Waals surface area contributed by atoms with E-state index in [9.17, 15) is 0 Å². The van der Waals surface area contributed by atoms with Gasteiger partial charge in [-0.05, 0) is 23.7 Å². The van der Waals surface area contributed by atoms with E-state index >= 15 is 0 Å². The second kappa shape index (κ2) is 5.43. The van der Waals surface area contributed by atoms with Crippen molar-refractivity contribution in [3.63, 3.8) is 0 Å². The largest absolute Gasteiger partial charge is 0.495 e. The minimum atomic E-state index is 0.156. The summed E-state index contributed by atoms with van der Waals surface area (Å²) in [6, 6.07) is 5.23. The molecule has 0 bridgehead atoms. The average Bonchev–Trinajstić information content (AvgIpc) is 2.26. The van der Waals surface area contributed by atoms with Gasteiger partial charge in [-0.3, -0.25) is 0 Å². The van der Waals surface area contributed by atoms with Crippen LogP contribution in [-0.4, -0.2) is 13.7 Å². The molecule has 15 heavy (non-hydrogen) atoms. The van der Waals surface area contributed by atoms with Gasteiger partial charge < -0.3 is 10.5 Å². The van der Waals surface area contributed by atoms with Crippen LogP contribution in [0.25, 0.3) is 10.4 Å². The molecule has 0 radical (unpaired) electrons. The molecule has 0 fully saturated rings. The first-order chi connectivity index (χ1) is 7.27. The van der Waals surface area contributed by atoms with Gasteiger partial charge in [0.15, 0.2) is 0 Å². The Morgan fingerprint density at radius 3 is 3.07 bits per heavy atom. The summed E-state index contributed by atoms with van der Waals surface area (Å²) in [5, 5.41) is 3.30. The average molecular weight is 202 g/mol. The van der Waals surface area contributed by atoms with Gasteiger partial charge in [0.1, 0.15) is 5.75 Å². The van der Waals surface area contributed by atoms with E-state index in [0.29, 0.717) is 11.4 Å².